The molecule has 0 N–H and O–H groups in total. The van der Waals surface area contributed by atoms with Gasteiger partial charge in [-0.2, -0.15) is 0 Å². The van der Waals surface area contributed by atoms with E-state index in [1.54, 1.807) is 6.92 Å². The van der Waals surface area contributed by atoms with Crippen LogP contribution >= 0.6 is 11.6 Å². The van der Waals surface area contributed by atoms with Crippen molar-refractivity contribution in [2.45, 2.75) is 19.2 Å². The molecule has 0 saturated carbocycles. The molecule has 1 heterocycles. The van der Waals surface area contributed by atoms with E-state index in [0.717, 1.165) is 6.20 Å². The molecule has 0 aromatic carbocycles. The van der Waals surface area contributed by atoms with Crippen LogP contribution in [0, 0.1) is 6.92 Å². The van der Waals surface area contributed by atoms with Gasteiger partial charge in [-0.15, -0.1) is 11.6 Å². The van der Waals surface area contributed by atoms with E-state index in [2.05, 4.69) is 4.98 Å². The highest BCUT2D eigenvalue weighted by molar-refractivity contribution is 6.16. The van der Waals surface area contributed by atoms with Gasteiger partial charge in [-0.1, -0.05) is 0 Å². The van der Waals surface area contributed by atoms with Gasteiger partial charge in [0.25, 0.3) is 6.43 Å². The topological polar surface area (TPSA) is 12.9 Å². The summed E-state index contributed by atoms with van der Waals surface area (Å²) < 4.78 is 24.2. The van der Waals surface area contributed by atoms with Crippen LogP contribution in [0.3, 0.4) is 0 Å². The fourth-order valence-corrected chi connectivity index (χ4v) is 1.16. The number of aryl methyl sites for hydroxylation is 1. The molecule has 0 aliphatic carbocycles. The van der Waals surface area contributed by atoms with Crippen molar-refractivity contribution in [3.8, 4) is 0 Å². The Bertz CT molecular complexity index is 276. The molecule has 1 aromatic rings. The quantitative estimate of drug-likeness (QED) is 0.655. The second-order valence-corrected chi connectivity index (χ2v) is 2.73. The Morgan fingerprint density at radius 2 is 2.25 bits per heavy atom. The van der Waals surface area contributed by atoms with Gasteiger partial charge in [0.15, 0.2) is 0 Å². The first kappa shape index (κ1) is 9.39. The van der Waals surface area contributed by atoms with Gasteiger partial charge in [-0.3, -0.25) is 4.98 Å². The minimum atomic E-state index is -2.46. The molecule has 0 spiro atoms. The number of nitrogens with zero attached hydrogens (tertiary/aromatic N) is 1. The molecule has 0 aliphatic heterocycles. The third-order valence-electron chi connectivity index (χ3n) is 1.59. The summed E-state index contributed by atoms with van der Waals surface area (Å²) in [6.07, 6.45) is -1.30. The first-order chi connectivity index (χ1) is 5.65. The standard InChI is InChI=1S/C8H8ClF2N/c1-5-2-6(8(10)11)4-12-7(5)3-9/h2,4,8H,3H2,1H3. The molecule has 66 valence electrons. The summed E-state index contributed by atoms with van der Waals surface area (Å²) in [5.41, 5.74) is 1.31. The van der Waals surface area contributed by atoms with Crippen LogP contribution in [-0.4, -0.2) is 4.98 Å². The Hall–Kier alpha value is -0.700. The maximum absolute atomic E-state index is 12.1. The summed E-state index contributed by atoms with van der Waals surface area (Å²) in [5.74, 6) is 0.259. The zero-order valence-electron chi connectivity index (χ0n) is 6.52. The fourth-order valence-electron chi connectivity index (χ4n) is 0.884. The van der Waals surface area contributed by atoms with Crippen molar-refractivity contribution in [1.82, 2.24) is 4.98 Å². The van der Waals surface area contributed by atoms with Crippen molar-refractivity contribution in [2.24, 2.45) is 0 Å². The van der Waals surface area contributed by atoms with Crippen molar-refractivity contribution >= 4 is 11.6 Å². The summed E-state index contributed by atoms with van der Waals surface area (Å²) in [6, 6.07) is 1.41. The molecule has 12 heavy (non-hydrogen) atoms. The number of pyridine rings is 1. The third kappa shape index (κ3) is 1.91. The summed E-state index contributed by atoms with van der Waals surface area (Å²) in [6.45, 7) is 1.72. The number of rotatable bonds is 2. The Morgan fingerprint density at radius 3 is 2.67 bits per heavy atom. The van der Waals surface area contributed by atoms with Gasteiger partial charge in [0, 0.05) is 11.8 Å². The van der Waals surface area contributed by atoms with Crippen LogP contribution in [0.5, 0.6) is 0 Å². The molecule has 4 heteroatoms. The molecule has 0 fully saturated rings. The lowest BCUT2D eigenvalue weighted by molar-refractivity contribution is 0.151. The maximum Gasteiger partial charge on any atom is 0.265 e. The van der Waals surface area contributed by atoms with Crippen LogP contribution in [0.4, 0.5) is 8.78 Å². The van der Waals surface area contributed by atoms with E-state index in [9.17, 15) is 8.78 Å². The van der Waals surface area contributed by atoms with Gasteiger partial charge >= 0.3 is 0 Å². The molecular formula is C8H8ClF2N. The Kier molecular flexibility index (Phi) is 2.98. The van der Waals surface area contributed by atoms with E-state index in [0.29, 0.717) is 11.3 Å². The largest absolute Gasteiger partial charge is 0.265 e. The zero-order chi connectivity index (χ0) is 9.14. The van der Waals surface area contributed by atoms with Crippen molar-refractivity contribution < 1.29 is 8.78 Å². The Labute approximate surface area is 74.4 Å². The number of alkyl halides is 3. The zero-order valence-corrected chi connectivity index (χ0v) is 7.28. The predicted octanol–water partition coefficient (Wildman–Crippen LogP) is 3.07. The highest BCUT2D eigenvalue weighted by atomic mass is 35.5. The maximum atomic E-state index is 12.1. The minimum absolute atomic E-state index is 0.0543. The summed E-state index contributed by atoms with van der Waals surface area (Å²) >= 11 is 5.51. The monoisotopic (exact) mass is 191 g/mol. The summed E-state index contributed by atoms with van der Waals surface area (Å²) in [5, 5.41) is 0. The molecule has 1 aromatic heterocycles. The van der Waals surface area contributed by atoms with Gasteiger partial charge < -0.3 is 0 Å². The van der Waals surface area contributed by atoms with Crippen LogP contribution in [-0.2, 0) is 5.88 Å². The van der Waals surface area contributed by atoms with Crippen molar-refractivity contribution in [2.75, 3.05) is 0 Å². The summed E-state index contributed by atoms with van der Waals surface area (Å²) in [7, 11) is 0. The average molecular weight is 192 g/mol. The van der Waals surface area contributed by atoms with Gasteiger partial charge in [-0.05, 0) is 18.6 Å². The minimum Gasteiger partial charge on any atom is -0.259 e. The Morgan fingerprint density at radius 1 is 1.58 bits per heavy atom. The van der Waals surface area contributed by atoms with E-state index < -0.39 is 6.43 Å². The van der Waals surface area contributed by atoms with E-state index >= 15 is 0 Å². The van der Waals surface area contributed by atoms with E-state index in [-0.39, 0.29) is 11.4 Å². The highest BCUT2D eigenvalue weighted by Gasteiger charge is 2.08. The van der Waals surface area contributed by atoms with Gasteiger partial charge in [0.2, 0.25) is 0 Å². The number of aromatic nitrogens is 1. The fraction of sp³-hybridized carbons (Fsp3) is 0.375. The summed E-state index contributed by atoms with van der Waals surface area (Å²) in [4.78, 5) is 3.81. The average Bonchev–Trinajstić information content (AvgIpc) is 2.04. The Balaban J connectivity index is 3.02. The number of hydrogen-bond acceptors (Lipinski definition) is 1. The van der Waals surface area contributed by atoms with E-state index in [4.69, 9.17) is 11.6 Å². The SMILES string of the molecule is Cc1cc(C(F)F)cnc1CCl. The van der Waals surface area contributed by atoms with Crippen LogP contribution in [0.2, 0.25) is 0 Å². The molecule has 0 radical (unpaired) electrons. The molecule has 0 unspecified atom stereocenters. The van der Waals surface area contributed by atoms with Crippen molar-refractivity contribution in [3.63, 3.8) is 0 Å². The lowest BCUT2D eigenvalue weighted by atomic mass is 10.2. The molecule has 0 aliphatic rings. The number of hydrogen-bond donors (Lipinski definition) is 0. The lowest BCUT2D eigenvalue weighted by Gasteiger charge is -2.03. The second kappa shape index (κ2) is 3.81. The molecule has 0 amide bonds. The normalized spacial score (nSPS) is 10.8. The van der Waals surface area contributed by atoms with Crippen molar-refractivity contribution in [3.05, 3.63) is 29.1 Å². The first-order valence-corrected chi connectivity index (χ1v) is 3.98. The highest BCUT2D eigenvalue weighted by Crippen LogP contribution is 2.20. The molecule has 0 atom stereocenters. The van der Waals surface area contributed by atoms with E-state index in [1.807, 2.05) is 0 Å². The van der Waals surface area contributed by atoms with E-state index in [1.165, 1.54) is 6.07 Å². The third-order valence-corrected chi connectivity index (χ3v) is 1.84. The molecule has 1 nitrogen and oxygen atoms in total. The predicted molar refractivity (Wildman–Crippen MR) is 43.5 cm³/mol. The van der Waals surface area contributed by atoms with Crippen molar-refractivity contribution in [1.29, 1.82) is 0 Å². The molecule has 1 rings (SSSR count). The second-order valence-electron chi connectivity index (χ2n) is 2.47. The molecular weight excluding hydrogens is 184 g/mol. The first-order valence-electron chi connectivity index (χ1n) is 3.44. The van der Waals surface area contributed by atoms with Crippen LogP contribution in [0.25, 0.3) is 0 Å². The molecule has 0 bridgehead atoms. The van der Waals surface area contributed by atoms with Gasteiger partial charge in [0.05, 0.1) is 11.6 Å². The lowest BCUT2D eigenvalue weighted by Crippen LogP contribution is -1.94. The van der Waals surface area contributed by atoms with Gasteiger partial charge in [-0.25, -0.2) is 8.78 Å². The molecule has 0 saturated heterocycles. The van der Waals surface area contributed by atoms with Gasteiger partial charge in [0.1, 0.15) is 0 Å². The van der Waals surface area contributed by atoms with Crippen LogP contribution in [0.1, 0.15) is 23.2 Å². The van der Waals surface area contributed by atoms with Crippen LogP contribution in [0.15, 0.2) is 12.3 Å². The number of halogens is 3. The van der Waals surface area contributed by atoms with Crippen LogP contribution < -0.4 is 0 Å². The smallest absolute Gasteiger partial charge is 0.259 e.